The molecule has 2 amide bonds. The molecule has 1 aromatic rings. The van der Waals surface area contributed by atoms with Crippen LogP contribution in [0.25, 0.3) is 0 Å². The van der Waals surface area contributed by atoms with E-state index in [1.807, 2.05) is 19.9 Å². The Morgan fingerprint density at radius 1 is 1.40 bits per heavy atom. The van der Waals surface area contributed by atoms with Gasteiger partial charge in [-0.05, 0) is 44.0 Å². The van der Waals surface area contributed by atoms with Crippen LogP contribution in [0.3, 0.4) is 0 Å². The number of anilines is 1. The smallest absolute Gasteiger partial charge is 0.251 e. The maximum Gasteiger partial charge on any atom is 0.251 e. The van der Waals surface area contributed by atoms with Crippen molar-refractivity contribution < 1.29 is 14.3 Å². The summed E-state index contributed by atoms with van der Waals surface area (Å²) in [6.07, 6.45) is 1.32. The van der Waals surface area contributed by atoms with Crippen LogP contribution in [0.1, 0.15) is 36.2 Å². The molecule has 0 fully saturated rings. The van der Waals surface area contributed by atoms with Gasteiger partial charge in [0.15, 0.2) is 0 Å². The monoisotopic (exact) mass is 276 g/mol. The van der Waals surface area contributed by atoms with Gasteiger partial charge in [-0.25, -0.2) is 0 Å². The van der Waals surface area contributed by atoms with Gasteiger partial charge in [0, 0.05) is 24.2 Å². The van der Waals surface area contributed by atoms with Gasteiger partial charge < -0.3 is 15.4 Å². The molecule has 5 heteroatoms. The highest BCUT2D eigenvalue weighted by Crippen LogP contribution is 2.23. The summed E-state index contributed by atoms with van der Waals surface area (Å²) in [4.78, 5) is 23.3. The number of hydrogen-bond acceptors (Lipinski definition) is 3. The molecular weight excluding hydrogens is 256 g/mol. The second-order valence-corrected chi connectivity index (χ2v) is 5.10. The van der Waals surface area contributed by atoms with E-state index >= 15 is 0 Å². The largest absolute Gasteiger partial charge is 0.377 e. The number of hydrogen-bond donors (Lipinski definition) is 2. The number of carbonyl (C=O) groups is 2. The number of ether oxygens (including phenoxy) is 1. The van der Waals surface area contributed by atoms with Crippen molar-refractivity contribution in [3.05, 3.63) is 29.3 Å². The maximum atomic E-state index is 12.0. The third kappa shape index (κ3) is 3.81. The minimum absolute atomic E-state index is 0.0283. The summed E-state index contributed by atoms with van der Waals surface area (Å²) in [6, 6.07) is 5.35. The summed E-state index contributed by atoms with van der Waals surface area (Å²) < 4.78 is 5.37. The highest BCUT2D eigenvalue weighted by Gasteiger charge is 2.16. The molecule has 0 spiro atoms. The zero-order valence-corrected chi connectivity index (χ0v) is 11.9. The zero-order chi connectivity index (χ0) is 14.5. The summed E-state index contributed by atoms with van der Waals surface area (Å²) in [6.45, 7) is 4.91. The first-order valence-corrected chi connectivity index (χ1v) is 6.89. The Morgan fingerprint density at radius 2 is 2.20 bits per heavy atom. The van der Waals surface area contributed by atoms with Gasteiger partial charge in [0.2, 0.25) is 5.91 Å². The van der Waals surface area contributed by atoms with Crippen LogP contribution in [0.15, 0.2) is 18.2 Å². The summed E-state index contributed by atoms with van der Waals surface area (Å²) >= 11 is 0. The van der Waals surface area contributed by atoms with Crippen molar-refractivity contribution in [2.75, 3.05) is 18.5 Å². The molecule has 0 aromatic heterocycles. The van der Waals surface area contributed by atoms with Crippen LogP contribution in [0.2, 0.25) is 0 Å². The number of fused-ring (bicyclic) bond motifs is 1. The summed E-state index contributed by atoms with van der Waals surface area (Å²) in [7, 11) is 0. The van der Waals surface area contributed by atoms with Crippen molar-refractivity contribution in [2.45, 2.75) is 32.8 Å². The third-order valence-corrected chi connectivity index (χ3v) is 3.10. The molecule has 0 saturated heterocycles. The quantitative estimate of drug-likeness (QED) is 0.805. The average Bonchev–Trinajstić information content (AvgIpc) is 2.42. The minimum Gasteiger partial charge on any atom is -0.377 e. The zero-order valence-electron chi connectivity index (χ0n) is 11.9. The van der Waals surface area contributed by atoms with E-state index in [2.05, 4.69) is 10.6 Å². The Bertz CT molecular complexity index is 512. The second kappa shape index (κ2) is 6.52. The molecule has 2 N–H and O–H groups in total. The van der Waals surface area contributed by atoms with Crippen molar-refractivity contribution in [3.8, 4) is 0 Å². The van der Waals surface area contributed by atoms with E-state index in [-0.39, 0.29) is 17.9 Å². The van der Waals surface area contributed by atoms with Crippen LogP contribution in [-0.2, 0) is 16.0 Å². The fourth-order valence-electron chi connectivity index (χ4n) is 2.09. The lowest BCUT2D eigenvalue weighted by molar-refractivity contribution is -0.116. The normalized spacial score (nSPS) is 13.8. The van der Waals surface area contributed by atoms with E-state index in [0.717, 1.165) is 11.3 Å². The van der Waals surface area contributed by atoms with Gasteiger partial charge >= 0.3 is 0 Å². The Morgan fingerprint density at radius 3 is 2.95 bits per heavy atom. The van der Waals surface area contributed by atoms with E-state index in [1.54, 1.807) is 12.1 Å². The molecule has 0 saturated carbocycles. The van der Waals surface area contributed by atoms with Crippen LogP contribution in [0, 0.1) is 0 Å². The lowest BCUT2D eigenvalue weighted by Crippen LogP contribution is -2.28. The lowest BCUT2D eigenvalue weighted by atomic mass is 10.00. The van der Waals surface area contributed by atoms with Gasteiger partial charge in [0.1, 0.15) is 0 Å². The predicted octanol–water partition coefficient (Wildman–Crippen LogP) is 1.73. The van der Waals surface area contributed by atoms with Gasteiger partial charge in [-0.15, -0.1) is 0 Å². The first kappa shape index (κ1) is 14.5. The van der Waals surface area contributed by atoms with E-state index in [9.17, 15) is 9.59 Å². The third-order valence-electron chi connectivity index (χ3n) is 3.10. The van der Waals surface area contributed by atoms with Gasteiger partial charge in [-0.1, -0.05) is 0 Å². The van der Waals surface area contributed by atoms with Gasteiger partial charge in [0.25, 0.3) is 5.91 Å². The molecule has 0 unspecified atom stereocenters. The number of aryl methyl sites for hydroxylation is 1. The molecular formula is C15H20N2O3. The Labute approximate surface area is 118 Å². The van der Waals surface area contributed by atoms with Crippen LogP contribution < -0.4 is 10.6 Å². The van der Waals surface area contributed by atoms with Crippen molar-refractivity contribution in [1.29, 1.82) is 0 Å². The molecule has 0 bridgehead atoms. The molecule has 5 nitrogen and oxygen atoms in total. The van der Waals surface area contributed by atoms with E-state index in [4.69, 9.17) is 4.74 Å². The molecule has 1 heterocycles. The van der Waals surface area contributed by atoms with Gasteiger partial charge in [0.05, 0.1) is 12.7 Å². The van der Waals surface area contributed by atoms with Crippen molar-refractivity contribution in [2.24, 2.45) is 0 Å². The number of rotatable bonds is 5. The van der Waals surface area contributed by atoms with Gasteiger partial charge in [-0.3, -0.25) is 9.59 Å². The number of nitrogens with one attached hydrogen (secondary N) is 2. The Hall–Kier alpha value is -1.88. The molecule has 0 aliphatic carbocycles. The van der Waals surface area contributed by atoms with Crippen LogP contribution in [0.5, 0.6) is 0 Å². The Kier molecular flexibility index (Phi) is 4.74. The van der Waals surface area contributed by atoms with Crippen molar-refractivity contribution in [1.82, 2.24) is 5.32 Å². The molecule has 0 atom stereocenters. The van der Waals surface area contributed by atoms with Crippen LogP contribution >= 0.6 is 0 Å². The molecule has 1 aliphatic rings. The molecule has 1 aromatic carbocycles. The highest BCUT2D eigenvalue weighted by atomic mass is 16.5. The van der Waals surface area contributed by atoms with E-state index in [1.165, 1.54) is 0 Å². The second-order valence-electron chi connectivity index (χ2n) is 5.10. The first-order valence-electron chi connectivity index (χ1n) is 6.89. The number of benzene rings is 1. The SMILES string of the molecule is CC(C)OCCNC(=O)c1ccc2c(c1)CCC(=O)N2. The van der Waals surface area contributed by atoms with Crippen LogP contribution in [-0.4, -0.2) is 31.1 Å². The van der Waals surface area contributed by atoms with E-state index in [0.29, 0.717) is 31.6 Å². The fourth-order valence-corrected chi connectivity index (χ4v) is 2.09. The average molecular weight is 276 g/mol. The van der Waals surface area contributed by atoms with Crippen LogP contribution in [0.4, 0.5) is 5.69 Å². The Balaban J connectivity index is 1.92. The minimum atomic E-state index is -0.114. The molecule has 108 valence electrons. The van der Waals surface area contributed by atoms with Crippen molar-refractivity contribution >= 4 is 17.5 Å². The predicted molar refractivity (Wildman–Crippen MR) is 76.8 cm³/mol. The van der Waals surface area contributed by atoms with E-state index < -0.39 is 0 Å². The lowest BCUT2D eigenvalue weighted by Gasteiger charge is -2.17. The highest BCUT2D eigenvalue weighted by molar-refractivity contribution is 5.97. The van der Waals surface area contributed by atoms with Gasteiger partial charge in [-0.2, -0.15) is 0 Å². The topological polar surface area (TPSA) is 67.4 Å². The standard InChI is InChI=1S/C15H20N2O3/c1-10(2)20-8-7-16-15(19)12-3-5-13-11(9-12)4-6-14(18)17-13/h3,5,9-10H,4,6-8H2,1-2H3,(H,16,19)(H,17,18). The van der Waals surface area contributed by atoms with Crippen molar-refractivity contribution in [3.63, 3.8) is 0 Å². The fraction of sp³-hybridized carbons (Fsp3) is 0.467. The number of carbonyl (C=O) groups excluding carboxylic acids is 2. The first-order chi connectivity index (χ1) is 9.56. The molecule has 0 radical (unpaired) electrons. The molecule has 2 rings (SSSR count). The molecule has 20 heavy (non-hydrogen) atoms. The summed E-state index contributed by atoms with van der Waals surface area (Å²) in [5.41, 5.74) is 2.43. The maximum absolute atomic E-state index is 12.0. The summed E-state index contributed by atoms with van der Waals surface area (Å²) in [5.74, 6) is -0.0856. The molecule has 1 aliphatic heterocycles. The summed E-state index contributed by atoms with van der Waals surface area (Å²) in [5, 5.41) is 5.62. The number of amides is 2.